The molecular formula is C21H55N4Na2O18P3. The first-order chi connectivity index (χ1) is 21.3. The van der Waals surface area contributed by atoms with Crippen LogP contribution in [0.4, 0.5) is 0 Å². The fourth-order valence-electron chi connectivity index (χ4n) is 3.18. The van der Waals surface area contributed by atoms with Crippen LogP contribution in [0, 0.1) is 0 Å². The zero-order valence-corrected chi connectivity index (χ0v) is 34.5. The largest absolute Gasteiger partial charge is 1.00 e. The normalized spacial score (nSPS) is 11.6. The van der Waals surface area contributed by atoms with Crippen molar-refractivity contribution in [3.8, 4) is 0 Å². The molecule has 284 valence electrons. The molecule has 13 N–H and O–H groups in total. The van der Waals surface area contributed by atoms with Gasteiger partial charge in [0.1, 0.15) is 12.6 Å². The van der Waals surface area contributed by atoms with Gasteiger partial charge in [-0.25, -0.2) is 0 Å². The van der Waals surface area contributed by atoms with Crippen LogP contribution in [0.2, 0.25) is 0 Å². The van der Waals surface area contributed by atoms with Crippen LogP contribution in [0.15, 0.2) is 0 Å². The number of aliphatic hydroxyl groups is 9. The standard InChI is InChI=1S/3C6H15NO3.C3H12NO9P3.2Na/c3*8-4-1-7(2-5-9)3-6-10;5-14(6,7)1-4(2-15(8,9)10)3-16(11,12)13;;/h3*8-10H,1-6H2;1-3H2,(H2,5,6,7)(H2,8,9,10)(H2,11,12,13);;/q;;;;2*+1/p-2. The first-order valence-electron chi connectivity index (χ1n) is 13.8. The molecule has 48 heavy (non-hydrogen) atoms. The van der Waals surface area contributed by atoms with E-state index < -0.39 is 41.6 Å². The van der Waals surface area contributed by atoms with Crippen LogP contribution >= 0.6 is 22.8 Å². The minimum atomic E-state index is -5.15. The summed E-state index contributed by atoms with van der Waals surface area (Å²) in [6.07, 6.45) is -3.79. The molecule has 0 aromatic carbocycles. The maximum Gasteiger partial charge on any atom is 1.00 e. The molecule has 0 saturated carbocycles. The zero-order chi connectivity index (χ0) is 36.7. The molecular weight excluding hydrogens is 735 g/mol. The van der Waals surface area contributed by atoms with Crippen LogP contribution in [0.5, 0.6) is 0 Å². The Labute approximate surface area is 325 Å². The van der Waals surface area contributed by atoms with E-state index in [1.165, 1.54) is 0 Å². The van der Waals surface area contributed by atoms with Crippen LogP contribution in [-0.2, 0) is 13.7 Å². The molecule has 22 nitrogen and oxygen atoms in total. The van der Waals surface area contributed by atoms with E-state index in [1.807, 2.05) is 0 Å². The number of nitrogens with zero attached hydrogens (tertiary/aromatic N) is 4. The van der Waals surface area contributed by atoms with Crippen molar-refractivity contribution in [1.29, 1.82) is 0 Å². The van der Waals surface area contributed by atoms with Crippen molar-refractivity contribution >= 4 is 22.8 Å². The van der Waals surface area contributed by atoms with Gasteiger partial charge in [-0.15, -0.1) is 0 Å². The predicted octanol–water partition coefficient (Wildman–Crippen LogP) is -13.8. The summed E-state index contributed by atoms with van der Waals surface area (Å²) < 4.78 is 31.4. The number of aliphatic hydroxyl groups excluding tert-OH is 9. The van der Waals surface area contributed by atoms with Crippen LogP contribution < -0.4 is 68.9 Å². The third kappa shape index (κ3) is 54.7. The van der Waals surface area contributed by atoms with Crippen molar-refractivity contribution in [2.75, 3.05) is 137 Å². The molecule has 0 saturated heterocycles. The molecule has 0 heterocycles. The summed E-state index contributed by atoms with van der Waals surface area (Å²) in [7, 11) is -14.6. The first kappa shape index (κ1) is 61.9. The van der Waals surface area contributed by atoms with E-state index >= 15 is 0 Å². The smallest absolute Gasteiger partial charge is 0.810 e. The monoisotopic (exact) mass is 790 g/mol. The van der Waals surface area contributed by atoms with Gasteiger partial charge in [0.2, 0.25) is 0 Å². The second-order valence-electron chi connectivity index (χ2n) is 9.07. The van der Waals surface area contributed by atoms with E-state index in [1.54, 1.807) is 14.7 Å². The summed E-state index contributed by atoms with van der Waals surface area (Å²) in [6.45, 7) is 5.26. The molecule has 0 radical (unpaired) electrons. The quantitative estimate of drug-likeness (QED) is 0.0319. The van der Waals surface area contributed by atoms with Crippen molar-refractivity contribution in [3.63, 3.8) is 0 Å². The second kappa shape index (κ2) is 40.1. The maximum atomic E-state index is 10.5. The summed E-state index contributed by atoms with van der Waals surface area (Å²) in [4.78, 5) is 60.3. The van der Waals surface area contributed by atoms with Crippen molar-refractivity contribution in [2.45, 2.75) is 0 Å². The number of rotatable bonds is 24. The zero-order valence-electron chi connectivity index (χ0n) is 27.8. The Morgan fingerprint density at radius 2 is 0.521 bits per heavy atom. The molecule has 0 aliphatic heterocycles. The third-order valence-electron chi connectivity index (χ3n) is 4.89. The molecule has 0 aromatic heterocycles. The summed E-state index contributed by atoms with van der Waals surface area (Å²) in [5.41, 5.74) is 0. The van der Waals surface area contributed by atoms with Gasteiger partial charge >= 0.3 is 74.3 Å². The van der Waals surface area contributed by atoms with E-state index in [2.05, 4.69) is 0 Å². The fraction of sp³-hybridized carbons (Fsp3) is 1.00. The third-order valence-corrected chi connectivity index (χ3v) is 7.17. The summed E-state index contributed by atoms with van der Waals surface area (Å²) in [6, 6.07) is 0. The number of hydrogen-bond donors (Lipinski definition) is 13. The van der Waals surface area contributed by atoms with E-state index in [0.717, 1.165) is 0 Å². The van der Waals surface area contributed by atoms with Crippen molar-refractivity contribution in [3.05, 3.63) is 0 Å². The van der Waals surface area contributed by atoms with Gasteiger partial charge < -0.3 is 79.9 Å². The average molecular weight is 791 g/mol. The molecule has 0 aliphatic carbocycles. The summed E-state index contributed by atoms with van der Waals surface area (Å²) in [5, 5.41) is 76.4. The van der Waals surface area contributed by atoms with E-state index in [4.69, 9.17) is 65.5 Å². The topological polar surface area (TPSA) is 373 Å². The molecule has 0 atom stereocenters. The second-order valence-corrected chi connectivity index (χ2v) is 13.8. The van der Waals surface area contributed by atoms with Gasteiger partial charge in [0.15, 0.2) is 0 Å². The molecule has 27 heteroatoms. The van der Waals surface area contributed by atoms with Gasteiger partial charge in [0.05, 0.1) is 59.5 Å². The van der Waals surface area contributed by atoms with E-state index in [9.17, 15) is 23.5 Å². The minimum Gasteiger partial charge on any atom is -0.810 e. The van der Waals surface area contributed by atoms with Crippen molar-refractivity contribution < 1.29 is 148 Å². The molecule has 0 spiro atoms. The Kier molecular flexibility index (Phi) is 51.8. The van der Waals surface area contributed by atoms with Gasteiger partial charge in [-0.3, -0.25) is 28.7 Å². The van der Waals surface area contributed by atoms with Crippen molar-refractivity contribution in [1.82, 2.24) is 19.6 Å². The van der Waals surface area contributed by atoms with Gasteiger partial charge in [0, 0.05) is 65.2 Å². The van der Waals surface area contributed by atoms with Crippen molar-refractivity contribution in [2.24, 2.45) is 0 Å². The van der Waals surface area contributed by atoms with Crippen LogP contribution in [-0.4, -0.2) is 222 Å². The predicted molar refractivity (Wildman–Crippen MR) is 161 cm³/mol. The molecule has 0 rings (SSSR count). The fourth-order valence-corrected chi connectivity index (χ4v) is 5.78. The Hall–Kier alpha value is 1.93. The molecule has 0 fully saturated rings. The summed E-state index contributed by atoms with van der Waals surface area (Å²) in [5.74, 6) is 0. The number of hydrogen-bond acceptors (Lipinski definition) is 18. The Balaban J connectivity index is -0.000000124. The Morgan fingerprint density at radius 3 is 0.625 bits per heavy atom. The first-order valence-corrected chi connectivity index (χ1v) is 19.1. The van der Waals surface area contributed by atoms with Gasteiger partial charge in [-0.05, 0) is 0 Å². The molecule has 0 amide bonds. The van der Waals surface area contributed by atoms with Crippen LogP contribution in [0.3, 0.4) is 0 Å². The van der Waals surface area contributed by atoms with E-state index in [0.29, 0.717) is 58.9 Å². The van der Waals surface area contributed by atoms with Crippen LogP contribution in [0.1, 0.15) is 0 Å². The molecule has 0 unspecified atom stereocenters. The Morgan fingerprint density at radius 1 is 0.354 bits per heavy atom. The van der Waals surface area contributed by atoms with E-state index in [-0.39, 0.29) is 123 Å². The SMILES string of the molecule is O=P([O-])([O-])CN(CP(=O)(O)O)CP(=O)(O)O.OCCN(CCO)CCO.OCCN(CCO)CCO.OCCN(CCO)CCO.[Na+].[Na+]. The van der Waals surface area contributed by atoms with Crippen LogP contribution in [0.25, 0.3) is 0 Å². The van der Waals surface area contributed by atoms with Gasteiger partial charge in [-0.2, -0.15) is 0 Å². The molecule has 0 aliphatic rings. The van der Waals surface area contributed by atoms with Gasteiger partial charge in [-0.1, -0.05) is 7.60 Å². The molecule has 0 aromatic rings. The van der Waals surface area contributed by atoms with Gasteiger partial charge in [0.25, 0.3) is 0 Å². The average Bonchev–Trinajstić information content (AvgIpc) is 2.88. The Bertz CT molecular complexity index is 661. The molecule has 0 bridgehead atoms. The maximum absolute atomic E-state index is 10.5. The summed E-state index contributed by atoms with van der Waals surface area (Å²) >= 11 is 0. The minimum absolute atomic E-state index is 0.